The molecule has 0 amide bonds. The van der Waals surface area contributed by atoms with Crippen molar-refractivity contribution >= 4 is 11.9 Å². The fourth-order valence-corrected chi connectivity index (χ4v) is 1.79. The lowest BCUT2D eigenvalue weighted by atomic mass is 9.79. The van der Waals surface area contributed by atoms with Crippen molar-refractivity contribution in [3.63, 3.8) is 0 Å². The first-order chi connectivity index (χ1) is 7.66. The zero-order chi connectivity index (χ0) is 11.6. The van der Waals surface area contributed by atoms with Crippen LogP contribution in [0.5, 0.6) is 0 Å². The van der Waals surface area contributed by atoms with Gasteiger partial charge in [-0.2, -0.15) is 0 Å². The average Bonchev–Trinajstić information content (AvgIpc) is 2.57. The molecule has 0 aliphatic carbocycles. The van der Waals surface area contributed by atoms with Crippen molar-refractivity contribution in [1.29, 1.82) is 0 Å². The predicted molar refractivity (Wildman–Crippen MR) is 61.9 cm³/mol. The SMILES string of the molecule is CC1(C)C(c2ccccc2)=NO[C@H]1C=NO. The first kappa shape index (κ1) is 10.7. The van der Waals surface area contributed by atoms with Crippen LogP contribution in [0.15, 0.2) is 40.6 Å². The smallest absolute Gasteiger partial charge is 0.176 e. The van der Waals surface area contributed by atoms with Gasteiger partial charge in [0.05, 0.1) is 17.3 Å². The van der Waals surface area contributed by atoms with E-state index in [1.165, 1.54) is 6.21 Å². The van der Waals surface area contributed by atoms with E-state index in [0.29, 0.717) is 0 Å². The normalized spacial score (nSPS) is 23.1. The number of rotatable bonds is 2. The highest BCUT2D eigenvalue weighted by molar-refractivity contribution is 6.06. The van der Waals surface area contributed by atoms with Gasteiger partial charge in [0, 0.05) is 5.56 Å². The minimum Gasteiger partial charge on any atom is -0.411 e. The Bertz CT molecular complexity index is 424. The van der Waals surface area contributed by atoms with Crippen LogP contribution >= 0.6 is 0 Å². The highest BCUT2D eigenvalue weighted by Crippen LogP contribution is 2.33. The second-order valence-corrected chi connectivity index (χ2v) is 4.32. The van der Waals surface area contributed by atoms with E-state index in [-0.39, 0.29) is 11.5 Å². The van der Waals surface area contributed by atoms with Gasteiger partial charge in [-0.1, -0.05) is 54.5 Å². The Hall–Kier alpha value is -1.84. The maximum absolute atomic E-state index is 8.55. The monoisotopic (exact) mass is 218 g/mol. The van der Waals surface area contributed by atoms with Crippen LogP contribution in [0.25, 0.3) is 0 Å². The highest BCUT2D eigenvalue weighted by Gasteiger charge is 2.41. The highest BCUT2D eigenvalue weighted by atomic mass is 16.6. The molecule has 1 atom stereocenters. The van der Waals surface area contributed by atoms with Crippen LogP contribution < -0.4 is 0 Å². The average molecular weight is 218 g/mol. The maximum atomic E-state index is 8.55. The lowest BCUT2D eigenvalue weighted by Crippen LogP contribution is -2.34. The molecule has 0 bridgehead atoms. The summed E-state index contributed by atoms with van der Waals surface area (Å²) in [4.78, 5) is 5.25. The van der Waals surface area contributed by atoms with Gasteiger partial charge in [0.25, 0.3) is 0 Å². The van der Waals surface area contributed by atoms with E-state index in [1.54, 1.807) is 0 Å². The quantitative estimate of drug-likeness (QED) is 0.470. The van der Waals surface area contributed by atoms with Gasteiger partial charge in [-0.05, 0) is 0 Å². The Morgan fingerprint density at radius 2 is 2.06 bits per heavy atom. The van der Waals surface area contributed by atoms with Gasteiger partial charge in [-0.3, -0.25) is 0 Å². The van der Waals surface area contributed by atoms with E-state index in [9.17, 15) is 0 Å². The van der Waals surface area contributed by atoms with Crippen LogP contribution in [0.3, 0.4) is 0 Å². The lowest BCUT2D eigenvalue weighted by molar-refractivity contribution is 0.0881. The van der Waals surface area contributed by atoms with Crippen LogP contribution in [-0.4, -0.2) is 23.2 Å². The Morgan fingerprint density at radius 1 is 1.38 bits per heavy atom. The molecule has 0 saturated heterocycles. The van der Waals surface area contributed by atoms with Gasteiger partial charge in [-0.25, -0.2) is 0 Å². The summed E-state index contributed by atoms with van der Waals surface area (Å²) in [5.74, 6) is 0. The number of nitrogens with zero attached hydrogens (tertiary/aromatic N) is 2. The molecular formula is C12H14N2O2. The molecule has 16 heavy (non-hydrogen) atoms. The molecule has 1 N–H and O–H groups in total. The number of hydrogen-bond acceptors (Lipinski definition) is 4. The third-order valence-corrected chi connectivity index (χ3v) is 2.83. The molecule has 1 aromatic rings. The molecule has 84 valence electrons. The van der Waals surface area contributed by atoms with Crippen LogP contribution in [0.2, 0.25) is 0 Å². The van der Waals surface area contributed by atoms with E-state index in [0.717, 1.165) is 11.3 Å². The second kappa shape index (κ2) is 3.96. The molecule has 1 aromatic carbocycles. The summed E-state index contributed by atoms with van der Waals surface area (Å²) in [5, 5.41) is 15.6. The standard InChI is InChI=1S/C12H14N2O2/c1-12(2)10(8-13-15)16-14-11(12)9-6-4-3-5-7-9/h3-8,10,15H,1-2H3/t10-/m0/s1. The molecule has 0 spiro atoms. The summed E-state index contributed by atoms with van der Waals surface area (Å²) in [6, 6.07) is 9.85. The van der Waals surface area contributed by atoms with Gasteiger partial charge in [0.1, 0.15) is 0 Å². The van der Waals surface area contributed by atoms with Crippen molar-refractivity contribution in [1.82, 2.24) is 0 Å². The summed E-state index contributed by atoms with van der Waals surface area (Å²) < 4.78 is 0. The second-order valence-electron chi connectivity index (χ2n) is 4.32. The molecule has 1 heterocycles. The van der Waals surface area contributed by atoms with Crippen molar-refractivity contribution in [2.24, 2.45) is 15.7 Å². The van der Waals surface area contributed by atoms with Gasteiger partial charge >= 0.3 is 0 Å². The Morgan fingerprint density at radius 3 is 2.69 bits per heavy atom. The molecule has 0 saturated carbocycles. The van der Waals surface area contributed by atoms with Gasteiger partial charge < -0.3 is 10.0 Å². The van der Waals surface area contributed by atoms with Crippen molar-refractivity contribution in [3.8, 4) is 0 Å². The molecule has 0 radical (unpaired) electrons. The largest absolute Gasteiger partial charge is 0.411 e. The molecule has 1 aliphatic heterocycles. The fraction of sp³-hybridized carbons (Fsp3) is 0.333. The molecule has 1 aliphatic rings. The summed E-state index contributed by atoms with van der Waals surface area (Å²) in [6.45, 7) is 4.02. The zero-order valence-corrected chi connectivity index (χ0v) is 9.29. The molecule has 4 nitrogen and oxygen atoms in total. The number of benzene rings is 1. The zero-order valence-electron chi connectivity index (χ0n) is 9.29. The Labute approximate surface area is 94.2 Å². The first-order valence-corrected chi connectivity index (χ1v) is 5.13. The molecule has 4 heteroatoms. The summed E-state index contributed by atoms with van der Waals surface area (Å²) in [6.07, 6.45) is 1.03. The summed E-state index contributed by atoms with van der Waals surface area (Å²) in [7, 11) is 0. The van der Waals surface area contributed by atoms with E-state index in [2.05, 4.69) is 10.3 Å². The van der Waals surface area contributed by atoms with Crippen molar-refractivity contribution in [2.45, 2.75) is 20.0 Å². The van der Waals surface area contributed by atoms with Crippen molar-refractivity contribution in [3.05, 3.63) is 35.9 Å². The lowest BCUT2D eigenvalue weighted by Gasteiger charge is -2.22. The van der Waals surface area contributed by atoms with E-state index >= 15 is 0 Å². The number of oxime groups is 2. The summed E-state index contributed by atoms with van der Waals surface area (Å²) in [5.41, 5.74) is 1.60. The predicted octanol–water partition coefficient (Wildman–Crippen LogP) is 2.28. The van der Waals surface area contributed by atoms with E-state index in [1.807, 2.05) is 44.2 Å². The molecular weight excluding hydrogens is 204 g/mol. The molecule has 0 aromatic heterocycles. The molecule has 0 unspecified atom stereocenters. The van der Waals surface area contributed by atoms with Crippen LogP contribution in [0, 0.1) is 5.41 Å². The van der Waals surface area contributed by atoms with E-state index in [4.69, 9.17) is 10.0 Å². The topological polar surface area (TPSA) is 54.2 Å². The maximum Gasteiger partial charge on any atom is 0.176 e. The fourth-order valence-electron chi connectivity index (χ4n) is 1.79. The van der Waals surface area contributed by atoms with E-state index < -0.39 is 0 Å². The van der Waals surface area contributed by atoms with Crippen molar-refractivity contribution < 1.29 is 10.0 Å². The Kier molecular flexibility index (Phi) is 2.64. The minimum absolute atomic E-state index is 0.298. The third kappa shape index (κ3) is 1.66. The number of hydrogen-bond donors (Lipinski definition) is 1. The van der Waals surface area contributed by atoms with Crippen LogP contribution in [-0.2, 0) is 4.84 Å². The molecule has 0 fully saturated rings. The van der Waals surface area contributed by atoms with Gasteiger partial charge in [0.2, 0.25) is 0 Å². The minimum atomic E-state index is -0.326. The van der Waals surface area contributed by atoms with Gasteiger partial charge in [-0.15, -0.1) is 0 Å². The third-order valence-electron chi connectivity index (χ3n) is 2.83. The summed E-state index contributed by atoms with van der Waals surface area (Å²) >= 11 is 0. The molecule has 2 rings (SSSR count). The van der Waals surface area contributed by atoms with Crippen LogP contribution in [0.1, 0.15) is 19.4 Å². The first-order valence-electron chi connectivity index (χ1n) is 5.13. The Balaban J connectivity index is 2.32. The van der Waals surface area contributed by atoms with Crippen molar-refractivity contribution in [2.75, 3.05) is 0 Å². The van der Waals surface area contributed by atoms with Gasteiger partial charge in [0.15, 0.2) is 6.10 Å². The van der Waals surface area contributed by atoms with Crippen LogP contribution in [0.4, 0.5) is 0 Å².